The molecule has 0 aliphatic heterocycles. The minimum absolute atomic E-state index is 0.364. The van der Waals surface area contributed by atoms with Gasteiger partial charge in [0.05, 0.1) is 12.9 Å². The molecule has 0 bridgehead atoms. The minimum Gasteiger partial charge on any atom is -0.437 e. The van der Waals surface area contributed by atoms with Crippen molar-refractivity contribution in [3.8, 4) is 0 Å². The molecule has 5 nitrogen and oxygen atoms in total. The van der Waals surface area contributed by atoms with Crippen LogP contribution in [0.3, 0.4) is 0 Å². The van der Waals surface area contributed by atoms with E-state index in [1.54, 1.807) is 0 Å². The maximum absolute atomic E-state index is 11.0. The zero-order valence-electron chi connectivity index (χ0n) is 15.2. The maximum atomic E-state index is 11.0. The summed E-state index contributed by atoms with van der Waals surface area (Å²) in [5, 5.41) is 0. The fraction of sp³-hybridized carbons (Fsp3) is 0.786. The molecule has 0 heterocycles. The van der Waals surface area contributed by atoms with E-state index in [4.69, 9.17) is 13.0 Å². The van der Waals surface area contributed by atoms with Crippen molar-refractivity contribution in [1.29, 1.82) is 0 Å². The molecule has 0 N–H and O–H groups in total. The number of carbonyl (C=O) groups is 1. The quantitative estimate of drug-likeness (QED) is 0.240. The molecule has 0 spiro atoms. The van der Waals surface area contributed by atoms with Gasteiger partial charge in [0.25, 0.3) is 0 Å². The first-order valence-corrected chi connectivity index (χ1v) is 17.1. The Balaban J connectivity index is 4.09. The van der Waals surface area contributed by atoms with Gasteiger partial charge < -0.3 is 17.7 Å². The monoisotopic (exact) mass is 364 g/mol. The lowest BCUT2D eigenvalue weighted by molar-refractivity contribution is 0.0838. The number of hydrogen-bond acceptors (Lipinski definition) is 5. The lowest BCUT2D eigenvalue weighted by atomic mass is 10.4. The van der Waals surface area contributed by atoms with Crippen molar-refractivity contribution in [2.24, 2.45) is 0 Å². The summed E-state index contributed by atoms with van der Waals surface area (Å²) in [7, 11) is -5.40. The van der Waals surface area contributed by atoms with Crippen LogP contribution in [-0.4, -0.2) is 38.0 Å². The van der Waals surface area contributed by atoms with Crippen LogP contribution in [-0.2, 0) is 17.7 Å². The molecule has 0 aliphatic carbocycles. The molecule has 8 heteroatoms. The molecule has 0 aromatic carbocycles. The Bertz CT molecular complexity index is 364. The van der Waals surface area contributed by atoms with Gasteiger partial charge in [0.15, 0.2) is 16.6 Å². The first kappa shape index (κ1) is 21.6. The third-order valence-electron chi connectivity index (χ3n) is 2.65. The fourth-order valence-corrected chi connectivity index (χ4v) is 15.7. The second-order valence-electron chi connectivity index (χ2n) is 7.32. The summed E-state index contributed by atoms with van der Waals surface area (Å²) in [6.45, 7) is 19.0. The molecule has 0 aromatic heterocycles. The van der Waals surface area contributed by atoms with Crippen molar-refractivity contribution in [1.82, 2.24) is 0 Å². The number of hydrogen-bond donors (Lipinski definition) is 0. The van der Waals surface area contributed by atoms with E-state index in [1.807, 2.05) is 0 Å². The van der Waals surface area contributed by atoms with Crippen LogP contribution in [0, 0.1) is 0 Å². The molecular weight excluding hydrogens is 332 g/mol. The molecule has 0 amide bonds. The van der Waals surface area contributed by atoms with Gasteiger partial charge >= 0.3 is 14.7 Å². The summed E-state index contributed by atoms with van der Waals surface area (Å²) < 4.78 is 22.0. The summed E-state index contributed by atoms with van der Waals surface area (Å²) in [4.78, 5) is 11.0. The van der Waals surface area contributed by atoms with E-state index in [-0.39, 0.29) is 0 Å². The van der Waals surface area contributed by atoms with Gasteiger partial charge in [0.2, 0.25) is 0 Å². The molecule has 0 unspecified atom stereocenters. The average Bonchev–Trinajstić information content (AvgIpc) is 2.23. The first-order chi connectivity index (χ1) is 9.87. The summed E-state index contributed by atoms with van der Waals surface area (Å²) in [6.07, 6.45) is 2.15. The molecular formula is C14H32O5Si3. The smallest absolute Gasteiger partial charge is 0.437 e. The van der Waals surface area contributed by atoms with Crippen LogP contribution in [0.1, 0.15) is 12.8 Å². The third-order valence-corrected chi connectivity index (χ3v) is 12.8. The van der Waals surface area contributed by atoms with Gasteiger partial charge in [-0.05, 0) is 58.3 Å². The molecule has 0 rings (SSSR count). The largest absolute Gasteiger partial charge is 0.513 e. The van der Waals surface area contributed by atoms with Gasteiger partial charge in [-0.2, -0.15) is 0 Å². The van der Waals surface area contributed by atoms with Gasteiger partial charge in [-0.25, -0.2) is 4.79 Å². The second kappa shape index (κ2) is 9.02. The van der Waals surface area contributed by atoms with E-state index in [0.717, 1.165) is 25.1 Å². The van der Waals surface area contributed by atoms with Crippen molar-refractivity contribution in [2.75, 3.05) is 6.61 Å². The second-order valence-corrected chi connectivity index (χ2v) is 20.0. The fourth-order valence-electron chi connectivity index (χ4n) is 2.38. The lowest BCUT2D eigenvalue weighted by Crippen LogP contribution is -2.51. The Kier molecular flexibility index (Phi) is 8.85. The normalized spacial score (nSPS) is 12.9. The average molecular weight is 365 g/mol. The van der Waals surface area contributed by atoms with E-state index in [2.05, 4.69) is 57.1 Å². The molecule has 0 aromatic rings. The summed E-state index contributed by atoms with van der Waals surface area (Å²) in [5.41, 5.74) is 0. The first-order valence-electron chi connectivity index (χ1n) is 7.72. The molecule has 130 valence electrons. The topological polar surface area (TPSA) is 54.0 Å². The van der Waals surface area contributed by atoms with E-state index in [1.165, 1.54) is 0 Å². The van der Waals surface area contributed by atoms with Crippen molar-refractivity contribution in [2.45, 2.75) is 64.7 Å². The SMILES string of the molecule is C=COC(=O)OCCCC[Si](C)(C)O[Si](C)(C)O[Si](C)(C)C. The number of carbonyl (C=O) groups excluding carboxylic acids is 1. The van der Waals surface area contributed by atoms with Crippen LogP contribution in [0.4, 0.5) is 4.79 Å². The van der Waals surface area contributed by atoms with Crippen molar-refractivity contribution in [3.63, 3.8) is 0 Å². The van der Waals surface area contributed by atoms with Gasteiger partial charge in [-0.1, -0.05) is 13.0 Å². The summed E-state index contributed by atoms with van der Waals surface area (Å²) in [6, 6.07) is 1.03. The van der Waals surface area contributed by atoms with E-state index in [0.29, 0.717) is 6.61 Å². The van der Waals surface area contributed by atoms with Crippen molar-refractivity contribution >= 4 is 31.4 Å². The molecule has 22 heavy (non-hydrogen) atoms. The number of unbranched alkanes of at least 4 members (excludes halogenated alkanes) is 1. The predicted octanol–water partition coefficient (Wildman–Crippen LogP) is 4.84. The lowest BCUT2D eigenvalue weighted by Gasteiger charge is -2.37. The van der Waals surface area contributed by atoms with E-state index in [9.17, 15) is 4.79 Å². The zero-order valence-corrected chi connectivity index (χ0v) is 18.2. The standard InChI is InChI=1S/C14H32O5Si3/c1-9-16-14(15)17-12-10-11-13-21(5,6)19-22(7,8)18-20(2,3)4/h9H,1,10-13H2,2-8H3. The van der Waals surface area contributed by atoms with Crippen molar-refractivity contribution < 1.29 is 22.5 Å². The summed E-state index contributed by atoms with van der Waals surface area (Å²) in [5.74, 6) is 0. The predicted molar refractivity (Wildman–Crippen MR) is 97.2 cm³/mol. The molecule has 0 saturated heterocycles. The van der Waals surface area contributed by atoms with Gasteiger partial charge in [0.1, 0.15) is 0 Å². The number of ether oxygens (including phenoxy) is 2. The van der Waals surface area contributed by atoms with Gasteiger partial charge in [-0.3, -0.25) is 0 Å². The van der Waals surface area contributed by atoms with Gasteiger partial charge in [0, 0.05) is 0 Å². The Morgan fingerprint density at radius 3 is 2.09 bits per heavy atom. The highest BCUT2D eigenvalue weighted by Crippen LogP contribution is 2.24. The highest BCUT2D eigenvalue weighted by molar-refractivity contribution is 6.87. The Hall–Kier alpha value is -0.419. The molecule has 0 saturated carbocycles. The van der Waals surface area contributed by atoms with Crippen LogP contribution in [0.15, 0.2) is 12.8 Å². The van der Waals surface area contributed by atoms with E-state index >= 15 is 0 Å². The molecule has 0 aliphatic rings. The Labute approximate surface area is 138 Å². The zero-order chi connectivity index (χ0) is 17.4. The Morgan fingerprint density at radius 2 is 1.59 bits per heavy atom. The highest BCUT2D eigenvalue weighted by Gasteiger charge is 2.37. The van der Waals surface area contributed by atoms with Crippen LogP contribution in [0.2, 0.25) is 51.9 Å². The molecule has 0 atom stereocenters. The molecule has 0 radical (unpaired) electrons. The minimum atomic E-state index is -2.06. The van der Waals surface area contributed by atoms with Gasteiger partial charge in [-0.15, -0.1) is 0 Å². The van der Waals surface area contributed by atoms with Crippen LogP contribution in [0.25, 0.3) is 0 Å². The third kappa shape index (κ3) is 12.2. The summed E-state index contributed by atoms with van der Waals surface area (Å²) >= 11 is 0. The maximum Gasteiger partial charge on any atom is 0.513 e. The van der Waals surface area contributed by atoms with E-state index < -0.39 is 31.4 Å². The number of rotatable bonds is 10. The van der Waals surface area contributed by atoms with Crippen LogP contribution in [0.5, 0.6) is 0 Å². The van der Waals surface area contributed by atoms with Crippen LogP contribution < -0.4 is 0 Å². The molecule has 0 fully saturated rings. The highest BCUT2D eigenvalue weighted by atomic mass is 28.5. The Morgan fingerprint density at radius 1 is 1.00 bits per heavy atom. The van der Waals surface area contributed by atoms with Crippen molar-refractivity contribution in [3.05, 3.63) is 12.8 Å². The van der Waals surface area contributed by atoms with Crippen LogP contribution >= 0.6 is 0 Å².